The molecular formula is C18H13ClN6OS. The minimum atomic E-state index is -0.669. The molecule has 1 atom stereocenters. The van der Waals surface area contributed by atoms with Gasteiger partial charge in [0.1, 0.15) is 12.7 Å². The molecule has 0 aliphatic heterocycles. The van der Waals surface area contributed by atoms with Gasteiger partial charge in [-0.1, -0.05) is 54.1 Å². The number of rotatable bonds is 6. The van der Waals surface area contributed by atoms with E-state index in [-0.39, 0.29) is 5.78 Å². The third-order valence-corrected chi connectivity index (χ3v) is 5.02. The van der Waals surface area contributed by atoms with E-state index in [0.717, 1.165) is 5.56 Å². The summed E-state index contributed by atoms with van der Waals surface area (Å²) in [5.74, 6) is 0.463. The average Bonchev–Trinajstić information content (AvgIpc) is 3.38. The van der Waals surface area contributed by atoms with E-state index in [4.69, 9.17) is 11.6 Å². The number of aromatic amines is 1. The molecule has 0 spiro atoms. The first-order valence-electron chi connectivity index (χ1n) is 7.99. The summed E-state index contributed by atoms with van der Waals surface area (Å²) < 4.78 is 1.50. The molecular weight excluding hydrogens is 384 g/mol. The highest BCUT2D eigenvalue weighted by atomic mass is 35.5. The van der Waals surface area contributed by atoms with Crippen LogP contribution in [0.3, 0.4) is 0 Å². The standard InChI is InChI=1S/C18H13ClN6OS/c19-14-8-4-7-13(9-14)16-22-18(24-23-16)27-17(25-11-20-10-21-25)15(26)12-5-2-1-3-6-12/h1-11,17H,(H,22,23,24)/t17-/m0/s1. The normalized spacial score (nSPS) is 12.0. The van der Waals surface area contributed by atoms with Crippen LogP contribution in [0.1, 0.15) is 15.7 Å². The molecule has 0 amide bonds. The number of hydrogen-bond acceptors (Lipinski definition) is 6. The molecule has 0 fully saturated rings. The zero-order chi connectivity index (χ0) is 18.6. The van der Waals surface area contributed by atoms with Gasteiger partial charge >= 0.3 is 0 Å². The van der Waals surface area contributed by atoms with Crippen molar-refractivity contribution < 1.29 is 4.79 Å². The van der Waals surface area contributed by atoms with Gasteiger partial charge in [-0.05, 0) is 23.9 Å². The van der Waals surface area contributed by atoms with Crippen LogP contribution in [0.4, 0.5) is 0 Å². The van der Waals surface area contributed by atoms with Crippen molar-refractivity contribution in [2.75, 3.05) is 0 Å². The number of halogens is 1. The van der Waals surface area contributed by atoms with Crippen LogP contribution >= 0.6 is 23.4 Å². The molecule has 4 aromatic rings. The van der Waals surface area contributed by atoms with Crippen molar-refractivity contribution in [1.82, 2.24) is 29.9 Å². The quantitative estimate of drug-likeness (QED) is 0.393. The fourth-order valence-corrected chi connectivity index (χ4v) is 3.57. The summed E-state index contributed by atoms with van der Waals surface area (Å²) in [5.41, 5.74) is 1.39. The second-order valence-electron chi connectivity index (χ2n) is 5.55. The Morgan fingerprint density at radius 2 is 2.00 bits per heavy atom. The number of thioether (sulfide) groups is 1. The van der Waals surface area contributed by atoms with Crippen LogP contribution in [-0.2, 0) is 0 Å². The Morgan fingerprint density at radius 3 is 2.74 bits per heavy atom. The first kappa shape index (κ1) is 17.4. The summed E-state index contributed by atoms with van der Waals surface area (Å²) in [7, 11) is 0. The topological polar surface area (TPSA) is 89.4 Å². The maximum atomic E-state index is 13.0. The van der Waals surface area contributed by atoms with Gasteiger partial charge in [-0.15, -0.1) is 5.10 Å². The van der Waals surface area contributed by atoms with Gasteiger partial charge in [0.15, 0.2) is 17.0 Å². The molecule has 0 radical (unpaired) electrons. The predicted molar refractivity (Wildman–Crippen MR) is 103 cm³/mol. The summed E-state index contributed by atoms with van der Waals surface area (Å²) in [6.07, 6.45) is 2.89. The van der Waals surface area contributed by atoms with Crippen molar-refractivity contribution in [3.05, 3.63) is 77.8 Å². The monoisotopic (exact) mass is 396 g/mol. The van der Waals surface area contributed by atoms with Crippen molar-refractivity contribution >= 4 is 29.1 Å². The predicted octanol–water partition coefficient (Wildman–Crippen LogP) is 3.89. The molecule has 1 N–H and O–H groups in total. The number of benzene rings is 2. The Labute approximate surface area is 163 Å². The SMILES string of the molecule is O=C(c1ccccc1)[C@H](Sc1n[nH]c(-c2cccc(Cl)c2)n1)n1cncn1. The van der Waals surface area contributed by atoms with Crippen LogP contribution in [-0.4, -0.2) is 35.7 Å². The summed E-state index contributed by atoms with van der Waals surface area (Å²) in [4.78, 5) is 21.4. The van der Waals surface area contributed by atoms with Gasteiger partial charge in [0, 0.05) is 16.1 Å². The van der Waals surface area contributed by atoms with Crippen LogP contribution in [0, 0.1) is 0 Å². The van der Waals surface area contributed by atoms with Crippen molar-refractivity contribution in [2.45, 2.75) is 10.5 Å². The molecule has 0 aliphatic carbocycles. The average molecular weight is 397 g/mol. The van der Waals surface area contributed by atoms with E-state index in [2.05, 4.69) is 25.3 Å². The second kappa shape index (κ2) is 7.73. The maximum absolute atomic E-state index is 13.0. The zero-order valence-corrected chi connectivity index (χ0v) is 15.4. The summed E-state index contributed by atoms with van der Waals surface area (Å²) in [5, 5.41) is 11.6. The molecule has 0 unspecified atom stereocenters. The van der Waals surface area contributed by atoms with Gasteiger partial charge in [-0.3, -0.25) is 9.89 Å². The Balaban J connectivity index is 1.62. The minimum absolute atomic E-state index is 0.111. The molecule has 4 rings (SSSR count). The first-order valence-corrected chi connectivity index (χ1v) is 9.25. The summed E-state index contributed by atoms with van der Waals surface area (Å²) in [6, 6.07) is 16.3. The summed E-state index contributed by atoms with van der Waals surface area (Å²) in [6.45, 7) is 0. The molecule has 0 aliphatic rings. The Hall–Kier alpha value is -2.97. The van der Waals surface area contributed by atoms with E-state index >= 15 is 0 Å². The van der Waals surface area contributed by atoms with Gasteiger partial charge in [0.05, 0.1) is 0 Å². The highest BCUT2D eigenvalue weighted by Crippen LogP contribution is 2.32. The lowest BCUT2D eigenvalue weighted by Crippen LogP contribution is -2.17. The number of nitrogens with one attached hydrogen (secondary N) is 1. The van der Waals surface area contributed by atoms with E-state index in [9.17, 15) is 4.79 Å². The van der Waals surface area contributed by atoms with Crippen LogP contribution in [0.5, 0.6) is 0 Å². The van der Waals surface area contributed by atoms with Crippen molar-refractivity contribution in [3.8, 4) is 11.4 Å². The molecule has 9 heteroatoms. The number of H-pyrrole nitrogens is 1. The van der Waals surface area contributed by atoms with E-state index < -0.39 is 5.37 Å². The van der Waals surface area contributed by atoms with Crippen molar-refractivity contribution in [2.24, 2.45) is 0 Å². The molecule has 0 bridgehead atoms. The van der Waals surface area contributed by atoms with E-state index in [1.54, 1.807) is 24.3 Å². The molecule has 7 nitrogen and oxygen atoms in total. The second-order valence-corrected chi connectivity index (χ2v) is 7.04. The first-order chi connectivity index (χ1) is 13.2. The lowest BCUT2D eigenvalue weighted by molar-refractivity contribution is 0.0962. The fraction of sp³-hybridized carbons (Fsp3) is 0.0556. The highest BCUT2D eigenvalue weighted by molar-refractivity contribution is 7.99. The van der Waals surface area contributed by atoms with Crippen LogP contribution in [0.25, 0.3) is 11.4 Å². The number of carbonyl (C=O) groups excluding carboxylic acids is 1. The fourth-order valence-electron chi connectivity index (χ4n) is 2.47. The Bertz CT molecular complexity index is 1050. The summed E-state index contributed by atoms with van der Waals surface area (Å²) >= 11 is 7.23. The molecule has 0 saturated heterocycles. The Kier molecular flexibility index (Phi) is 4.99. The molecule has 2 heterocycles. The molecule has 2 aromatic carbocycles. The number of carbonyl (C=O) groups is 1. The van der Waals surface area contributed by atoms with Gasteiger partial charge in [-0.25, -0.2) is 14.6 Å². The number of aromatic nitrogens is 6. The third-order valence-electron chi connectivity index (χ3n) is 3.74. The molecule has 27 heavy (non-hydrogen) atoms. The molecule has 2 aromatic heterocycles. The smallest absolute Gasteiger partial charge is 0.211 e. The maximum Gasteiger partial charge on any atom is 0.211 e. The largest absolute Gasteiger partial charge is 0.291 e. The molecule has 134 valence electrons. The number of nitrogens with zero attached hydrogens (tertiary/aromatic N) is 5. The number of ketones is 1. The van der Waals surface area contributed by atoms with Gasteiger partial charge in [-0.2, -0.15) is 5.10 Å². The van der Waals surface area contributed by atoms with Gasteiger partial charge < -0.3 is 0 Å². The lowest BCUT2D eigenvalue weighted by Gasteiger charge is -2.13. The Morgan fingerprint density at radius 1 is 1.15 bits per heavy atom. The van der Waals surface area contributed by atoms with Crippen molar-refractivity contribution in [3.63, 3.8) is 0 Å². The minimum Gasteiger partial charge on any atom is -0.291 e. The van der Waals surface area contributed by atoms with E-state index in [1.165, 1.54) is 29.1 Å². The van der Waals surface area contributed by atoms with Gasteiger partial charge in [0.25, 0.3) is 0 Å². The zero-order valence-electron chi connectivity index (χ0n) is 13.9. The van der Waals surface area contributed by atoms with E-state index in [1.807, 2.05) is 30.3 Å². The number of hydrogen-bond donors (Lipinski definition) is 1. The van der Waals surface area contributed by atoms with Crippen LogP contribution in [0.15, 0.2) is 72.4 Å². The highest BCUT2D eigenvalue weighted by Gasteiger charge is 2.26. The van der Waals surface area contributed by atoms with Crippen molar-refractivity contribution in [1.29, 1.82) is 0 Å². The van der Waals surface area contributed by atoms with E-state index in [0.29, 0.717) is 21.6 Å². The van der Waals surface area contributed by atoms with Gasteiger partial charge in [0.2, 0.25) is 5.16 Å². The van der Waals surface area contributed by atoms with Crippen LogP contribution in [0.2, 0.25) is 5.02 Å². The lowest BCUT2D eigenvalue weighted by atomic mass is 10.1. The number of Topliss-reactive ketones (excluding diaryl/α,β-unsaturated/α-hetero) is 1. The molecule has 0 saturated carbocycles. The third kappa shape index (κ3) is 3.91. The van der Waals surface area contributed by atoms with Crippen LogP contribution < -0.4 is 0 Å².